The first kappa shape index (κ1) is 19.1. The summed E-state index contributed by atoms with van der Waals surface area (Å²) >= 11 is 5.46. The maximum absolute atomic E-state index is 13.3. The number of aromatic nitrogens is 1. The van der Waals surface area contributed by atoms with Crippen molar-refractivity contribution in [3.05, 3.63) is 53.7 Å². The zero-order chi connectivity index (χ0) is 20.0. The molecule has 1 aliphatic rings. The first-order valence-corrected chi connectivity index (χ1v) is 8.33. The summed E-state index contributed by atoms with van der Waals surface area (Å²) in [6.07, 6.45) is -4.36. The Bertz CT molecular complexity index is 924. The molecule has 2 heterocycles. The van der Waals surface area contributed by atoms with Gasteiger partial charge in [-0.05, 0) is 56.4 Å². The highest BCUT2D eigenvalue weighted by Gasteiger charge is 2.50. The summed E-state index contributed by atoms with van der Waals surface area (Å²) in [5.74, 6) is 0.471. The second kappa shape index (κ2) is 6.48. The van der Waals surface area contributed by atoms with Gasteiger partial charge >= 0.3 is 6.18 Å². The summed E-state index contributed by atoms with van der Waals surface area (Å²) in [7, 11) is 0. The van der Waals surface area contributed by atoms with Crippen molar-refractivity contribution in [3.8, 4) is 6.07 Å². The second-order valence-corrected chi connectivity index (χ2v) is 6.91. The van der Waals surface area contributed by atoms with Crippen molar-refractivity contribution in [2.24, 2.45) is 0 Å². The minimum absolute atomic E-state index is 0.0466. The van der Waals surface area contributed by atoms with E-state index in [1.165, 1.54) is 17.0 Å². The quantitative estimate of drug-likeness (QED) is 0.787. The zero-order valence-electron chi connectivity index (χ0n) is 14.4. The molecule has 0 bridgehead atoms. The van der Waals surface area contributed by atoms with Gasteiger partial charge in [0.05, 0.1) is 22.7 Å². The molecule has 0 spiro atoms. The van der Waals surface area contributed by atoms with Crippen LogP contribution < -0.4 is 9.80 Å². The Morgan fingerprint density at radius 1 is 1.26 bits per heavy atom. The topological polar surface area (TPSA) is 63.4 Å². The van der Waals surface area contributed by atoms with Crippen molar-refractivity contribution >= 4 is 28.8 Å². The number of alkyl halides is 3. The first-order valence-electron chi connectivity index (χ1n) is 7.93. The van der Waals surface area contributed by atoms with E-state index in [2.05, 4.69) is 4.98 Å². The molecule has 5 nitrogen and oxygen atoms in total. The van der Waals surface area contributed by atoms with Crippen molar-refractivity contribution in [1.29, 1.82) is 5.26 Å². The highest BCUT2D eigenvalue weighted by Crippen LogP contribution is 2.40. The Kier molecular flexibility index (Phi) is 4.57. The van der Waals surface area contributed by atoms with Crippen LogP contribution in [-0.2, 0) is 6.18 Å². The molecule has 140 valence electrons. The van der Waals surface area contributed by atoms with Crippen LogP contribution in [0.15, 0.2) is 42.6 Å². The third-order valence-corrected chi connectivity index (χ3v) is 4.81. The number of aliphatic hydroxyl groups excluding tert-OH is 1. The number of pyridine rings is 1. The van der Waals surface area contributed by atoms with E-state index in [0.29, 0.717) is 5.82 Å². The summed E-state index contributed by atoms with van der Waals surface area (Å²) in [5.41, 5.74) is -2.47. The number of benzene rings is 1. The fourth-order valence-electron chi connectivity index (χ4n) is 3.04. The van der Waals surface area contributed by atoms with Crippen LogP contribution in [0.2, 0.25) is 0 Å². The SMILES string of the molecule is CC1(C)C(O)N(c2ccc(C#N)c(C(F)(F)F)c2)C(=S)N1c1ccccn1. The molecule has 1 N–H and O–H groups in total. The standard InChI is InChI=1S/C18H15F3N4OS/c1-17(2)15(26)24(16(27)25(17)14-5-3-4-8-23-14)12-7-6-11(10-22)13(9-12)18(19,20)21/h3-9,15,26H,1-2H3. The van der Waals surface area contributed by atoms with Crippen LogP contribution >= 0.6 is 12.2 Å². The molecule has 1 fully saturated rings. The molecule has 1 atom stereocenters. The van der Waals surface area contributed by atoms with E-state index < -0.39 is 29.1 Å². The summed E-state index contributed by atoms with van der Waals surface area (Å²) in [5, 5.41) is 19.9. The zero-order valence-corrected chi connectivity index (χ0v) is 15.2. The van der Waals surface area contributed by atoms with Crippen molar-refractivity contribution in [2.75, 3.05) is 9.80 Å². The molecule has 1 aromatic carbocycles. The Labute approximate surface area is 159 Å². The molecule has 1 unspecified atom stereocenters. The number of hydrogen-bond acceptors (Lipinski definition) is 4. The molecule has 2 aromatic rings. The van der Waals surface area contributed by atoms with Crippen LogP contribution in [0.3, 0.4) is 0 Å². The molecule has 0 radical (unpaired) electrons. The number of nitrogens with zero attached hydrogens (tertiary/aromatic N) is 4. The summed E-state index contributed by atoms with van der Waals surface area (Å²) in [6.45, 7) is 3.43. The van der Waals surface area contributed by atoms with Crippen molar-refractivity contribution in [3.63, 3.8) is 0 Å². The third kappa shape index (κ3) is 3.11. The van der Waals surface area contributed by atoms with E-state index >= 15 is 0 Å². The molecule has 27 heavy (non-hydrogen) atoms. The second-order valence-electron chi connectivity index (χ2n) is 6.54. The van der Waals surface area contributed by atoms with Crippen LogP contribution in [0.1, 0.15) is 25.0 Å². The Morgan fingerprint density at radius 2 is 1.96 bits per heavy atom. The lowest BCUT2D eigenvalue weighted by molar-refractivity contribution is -0.137. The van der Waals surface area contributed by atoms with Gasteiger partial charge in [-0.3, -0.25) is 9.80 Å². The maximum Gasteiger partial charge on any atom is 0.417 e. The lowest BCUT2D eigenvalue weighted by atomic mass is 10.0. The smallest absolute Gasteiger partial charge is 0.371 e. The van der Waals surface area contributed by atoms with Crippen LogP contribution in [0.5, 0.6) is 0 Å². The van der Waals surface area contributed by atoms with Gasteiger partial charge in [0, 0.05) is 11.9 Å². The van der Waals surface area contributed by atoms with E-state index in [9.17, 15) is 18.3 Å². The Hall–Kier alpha value is -2.70. The monoisotopic (exact) mass is 392 g/mol. The van der Waals surface area contributed by atoms with E-state index in [4.69, 9.17) is 17.5 Å². The van der Waals surface area contributed by atoms with Crippen LogP contribution in [0, 0.1) is 11.3 Å². The molecular formula is C18H15F3N4OS. The fraction of sp³-hybridized carbons (Fsp3) is 0.278. The third-order valence-electron chi connectivity index (χ3n) is 4.44. The molecule has 1 saturated heterocycles. The number of thiocarbonyl (C=S) groups is 1. The molecular weight excluding hydrogens is 377 g/mol. The minimum atomic E-state index is -4.70. The number of rotatable bonds is 2. The molecule has 0 aliphatic carbocycles. The normalized spacial score (nSPS) is 19.3. The van der Waals surface area contributed by atoms with Crippen molar-refractivity contribution < 1.29 is 18.3 Å². The Balaban J connectivity index is 2.11. The lowest BCUT2D eigenvalue weighted by Gasteiger charge is -2.32. The van der Waals surface area contributed by atoms with Crippen LogP contribution in [0.25, 0.3) is 0 Å². The van der Waals surface area contributed by atoms with Crippen LogP contribution in [0.4, 0.5) is 24.7 Å². The van der Waals surface area contributed by atoms with Gasteiger partial charge in [-0.25, -0.2) is 4.98 Å². The number of hydrogen-bond donors (Lipinski definition) is 1. The van der Waals surface area contributed by atoms with Gasteiger partial charge in [-0.2, -0.15) is 18.4 Å². The number of nitriles is 1. The predicted molar refractivity (Wildman–Crippen MR) is 98.0 cm³/mol. The maximum atomic E-state index is 13.3. The molecule has 1 aromatic heterocycles. The molecule has 0 amide bonds. The minimum Gasteiger partial charge on any atom is -0.371 e. The van der Waals surface area contributed by atoms with Gasteiger partial charge in [0.25, 0.3) is 0 Å². The van der Waals surface area contributed by atoms with E-state index in [1.807, 2.05) is 0 Å². The lowest BCUT2D eigenvalue weighted by Crippen LogP contribution is -2.47. The molecule has 0 saturated carbocycles. The summed E-state index contributed by atoms with van der Waals surface area (Å²) in [4.78, 5) is 7.06. The van der Waals surface area contributed by atoms with Gasteiger partial charge in [0.15, 0.2) is 11.3 Å². The van der Waals surface area contributed by atoms with Crippen molar-refractivity contribution in [1.82, 2.24) is 4.98 Å². The fourth-order valence-corrected chi connectivity index (χ4v) is 3.57. The average Bonchev–Trinajstić information content (AvgIpc) is 2.79. The van der Waals surface area contributed by atoms with Gasteiger partial charge < -0.3 is 5.11 Å². The summed E-state index contributed by atoms with van der Waals surface area (Å²) in [6, 6.07) is 9.94. The molecule has 9 heteroatoms. The number of aliphatic hydroxyl groups is 1. The molecule has 3 rings (SSSR count). The van der Waals surface area contributed by atoms with Gasteiger partial charge in [-0.1, -0.05) is 6.07 Å². The number of halogens is 3. The van der Waals surface area contributed by atoms with Gasteiger partial charge in [-0.15, -0.1) is 0 Å². The van der Waals surface area contributed by atoms with Gasteiger partial charge in [0.1, 0.15) is 5.82 Å². The largest absolute Gasteiger partial charge is 0.417 e. The van der Waals surface area contributed by atoms with E-state index in [1.54, 1.807) is 43.1 Å². The highest BCUT2D eigenvalue weighted by atomic mass is 32.1. The van der Waals surface area contributed by atoms with E-state index in [-0.39, 0.29) is 10.8 Å². The Morgan fingerprint density at radius 3 is 2.52 bits per heavy atom. The summed E-state index contributed by atoms with van der Waals surface area (Å²) < 4.78 is 39.9. The van der Waals surface area contributed by atoms with Gasteiger partial charge in [0.2, 0.25) is 0 Å². The average molecular weight is 392 g/mol. The highest BCUT2D eigenvalue weighted by molar-refractivity contribution is 7.80. The number of anilines is 2. The van der Waals surface area contributed by atoms with Crippen LogP contribution in [-0.4, -0.2) is 27.0 Å². The van der Waals surface area contributed by atoms with E-state index in [0.717, 1.165) is 12.1 Å². The van der Waals surface area contributed by atoms with Crippen molar-refractivity contribution in [2.45, 2.75) is 31.8 Å². The molecule has 1 aliphatic heterocycles. The first-order chi connectivity index (χ1) is 12.6. The predicted octanol–water partition coefficient (Wildman–Crippen LogP) is 3.68.